The molecular weight excluding hydrogens is 298 g/mol. The van der Waals surface area contributed by atoms with E-state index in [0.717, 1.165) is 37.3 Å². The molecule has 0 spiro atoms. The van der Waals surface area contributed by atoms with Crippen LogP contribution in [0.25, 0.3) is 0 Å². The monoisotopic (exact) mass is 315 g/mol. The van der Waals surface area contributed by atoms with Gasteiger partial charge in [0.05, 0.1) is 23.1 Å². The van der Waals surface area contributed by atoms with Gasteiger partial charge in [0.2, 0.25) is 0 Å². The van der Waals surface area contributed by atoms with Crippen LogP contribution in [0, 0.1) is 11.3 Å². The van der Waals surface area contributed by atoms with Crippen molar-refractivity contribution in [3.63, 3.8) is 0 Å². The predicted molar refractivity (Wildman–Crippen MR) is 88.2 cm³/mol. The van der Waals surface area contributed by atoms with Crippen LogP contribution >= 0.6 is 11.6 Å². The topological polar surface area (TPSA) is 56.9 Å². The maximum absolute atomic E-state index is 9.22. The van der Waals surface area contributed by atoms with Crippen molar-refractivity contribution < 1.29 is 0 Å². The molecule has 0 aliphatic carbocycles. The molecule has 1 aromatic carbocycles. The molecule has 1 unspecified atom stereocenters. The van der Waals surface area contributed by atoms with Crippen LogP contribution in [0.15, 0.2) is 30.6 Å². The van der Waals surface area contributed by atoms with Crippen LogP contribution in [-0.2, 0) is 7.05 Å². The lowest BCUT2D eigenvalue weighted by molar-refractivity contribution is 0.530. The van der Waals surface area contributed by atoms with Crippen molar-refractivity contribution in [3.8, 4) is 6.07 Å². The molecule has 0 amide bonds. The number of rotatable bonds is 3. The Morgan fingerprint density at radius 1 is 1.45 bits per heavy atom. The summed E-state index contributed by atoms with van der Waals surface area (Å²) < 4.78 is 1.82. The van der Waals surface area contributed by atoms with Crippen molar-refractivity contribution in [2.24, 2.45) is 7.05 Å². The number of anilines is 2. The molecule has 1 aromatic heterocycles. The Bertz CT molecular complexity index is 703. The summed E-state index contributed by atoms with van der Waals surface area (Å²) in [6, 6.07) is 7.82. The average molecular weight is 316 g/mol. The van der Waals surface area contributed by atoms with Gasteiger partial charge in [0.15, 0.2) is 0 Å². The summed E-state index contributed by atoms with van der Waals surface area (Å²) in [7, 11) is 1.92. The summed E-state index contributed by atoms with van der Waals surface area (Å²) in [5.41, 5.74) is 2.58. The Labute approximate surface area is 135 Å². The first-order valence-electron chi connectivity index (χ1n) is 7.35. The quantitative estimate of drug-likeness (QED) is 0.946. The number of benzene rings is 1. The van der Waals surface area contributed by atoms with Crippen LogP contribution in [0.4, 0.5) is 11.4 Å². The van der Waals surface area contributed by atoms with E-state index in [1.54, 1.807) is 12.1 Å². The first-order valence-corrected chi connectivity index (χ1v) is 7.73. The molecule has 0 saturated carbocycles. The summed E-state index contributed by atoms with van der Waals surface area (Å²) in [5.74, 6) is 0. The van der Waals surface area contributed by atoms with E-state index < -0.39 is 0 Å². The number of nitriles is 1. The molecule has 1 aliphatic rings. The first-order chi connectivity index (χ1) is 10.7. The fourth-order valence-electron chi connectivity index (χ4n) is 2.85. The zero-order valence-electron chi connectivity index (χ0n) is 12.5. The Balaban J connectivity index is 1.73. The van der Waals surface area contributed by atoms with E-state index in [-0.39, 0.29) is 0 Å². The van der Waals surface area contributed by atoms with Crippen LogP contribution in [0.5, 0.6) is 0 Å². The zero-order valence-corrected chi connectivity index (χ0v) is 13.2. The van der Waals surface area contributed by atoms with Gasteiger partial charge in [-0.15, -0.1) is 0 Å². The normalized spacial score (nSPS) is 18.0. The summed E-state index contributed by atoms with van der Waals surface area (Å²) in [6.07, 6.45) is 6.11. The molecule has 1 fully saturated rings. The predicted octanol–water partition coefficient (Wildman–Crippen LogP) is 3.03. The van der Waals surface area contributed by atoms with Gasteiger partial charge < -0.3 is 10.2 Å². The van der Waals surface area contributed by atoms with Gasteiger partial charge in [-0.1, -0.05) is 11.6 Å². The van der Waals surface area contributed by atoms with Gasteiger partial charge in [0.25, 0.3) is 0 Å². The van der Waals surface area contributed by atoms with Gasteiger partial charge in [0.1, 0.15) is 6.07 Å². The number of aromatic nitrogens is 2. The zero-order chi connectivity index (χ0) is 15.5. The Morgan fingerprint density at radius 2 is 2.32 bits per heavy atom. The van der Waals surface area contributed by atoms with Gasteiger partial charge in [0, 0.05) is 37.4 Å². The fraction of sp³-hybridized carbons (Fsp3) is 0.375. The summed E-state index contributed by atoms with van der Waals surface area (Å²) in [4.78, 5) is 2.32. The lowest BCUT2D eigenvalue weighted by atomic mass is 10.0. The summed E-state index contributed by atoms with van der Waals surface area (Å²) >= 11 is 6.05. The fourth-order valence-corrected chi connectivity index (χ4v) is 3.03. The number of aryl methyl sites for hydroxylation is 1. The lowest BCUT2D eigenvalue weighted by Crippen LogP contribution is -2.42. The van der Waals surface area contributed by atoms with E-state index in [1.807, 2.05) is 30.2 Å². The molecular formula is C16H18ClN5. The van der Waals surface area contributed by atoms with Crippen molar-refractivity contribution in [1.82, 2.24) is 9.78 Å². The minimum atomic E-state index is 0.291. The second-order valence-corrected chi connectivity index (χ2v) is 6.04. The highest BCUT2D eigenvalue weighted by molar-refractivity contribution is 6.30. The number of hydrogen-bond donors (Lipinski definition) is 1. The van der Waals surface area contributed by atoms with Gasteiger partial charge in [-0.2, -0.15) is 10.4 Å². The van der Waals surface area contributed by atoms with Crippen LogP contribution in [0.3, 0.4) is 0 Å². The highest BCUT2D eigenvalue weighted by atomic mass is 35.5. The molecule has 1 saturated heterocycles. The van der Waals surface area contributed by atoms with Crippen LogP contribution in [0.1, 0.15) is 18.4 Å². The molecule has 2 heterocycles. The molecule has 3 rings (SSSR count). The van der Waals surface area contributed by atoms with Crippen molar-refractivity contribution in [1.29, 1.82) is 5.26 Å². The third kappa shape index (κ3) is 3.18. The molecule has 0 bridgehead atoms. The van der Waals surface area contributed by atoms with Gasteiger partial charge in [-0.05, 0) is 31.0 Å². The second-order valence-electron chi connectivity index (χ2n) is 5.60. The third-order valence-corrected chi connectivity index (χ3v) is 4.17. The highest BCUT2D eigenvalue weighted by Gasteiger charge is 2.21. The maximum atomic E-state index is 9.22. The largest absolute Gasteiger partial charge is 0.379 e. The summed E-state index contributed by atoms with van der Waals surface area (Å²) in [6.45, 7) is 1.92. The van der Waals surface area contributed by atoms with Crippen LogP contribution in [-0.4, -0.2) is 28.9 Å². The van der Waals surface area contributed by atoms with Crippen molar-refractivity contribution in [3.05, 3.63) is 41.2 Å². The molecule has 1 N–H and O–H groups in total. The smallest absolute Gasteiger partial charge is 0.101 e. The second kappa shape index (κ2) is 6.29. The molecule has 1 aliphatic heterocycles. The molecule has 22 heavy (non-hydrogen) atoms. The van der Waals surface area contributed by atoms with Gasteiger partial charge in [-0.3, -0.25) is 4.68 Å². The van der Waals surface area contributed by atoms with E-state index >= 15 is 0 Å². The number of piperidine rings is 1. The number of hydrogen-bond acceptors (Lipinski definition) is 4. The van der Waals surface area contributed by atoms with E-state index in [4.69, 9.17) is 11.6 Å². The molecule has 1 atom stereocenters. The van der Waals surface area contributed by atoms with E-state index in [1.165, 1.54) is 0 Å². The van der Waals surface area contributed by atoms with Crippen molar-refractivity contribution in [2.45, 2.75) is 18.9 Å². The standard InChI is InChI=1S/C16H18ClN5/c1-21-11-15(9-19-21)22-6-2-3-14(10-22)20-16-7-13(17)5-4-12(16)8-18/h4-5,7,9,11,14,20H,2-3,6,10H2,1H3. The highest BCUT2D eigenvalue weighted by Crippen LogP contribution is 2.25. The van der Waals surface area contributed by atoms with Crippen molar-refractivity contribution >= 4 is 23.0 Å². The molecule has 114 valence electrons. The lowest BCUT2D eigenvalue weighted by Gasteiger charge is -2.34. The van der Waals surface area contributed by atoms with Gasteiger partial charge in [-0.25, -0.2) is 0 Å². The Kier molecular flexibility index (Phi) is 4.21. The molecule has 2 aromatic rings. The number of nitrogens with one attached hydrogen (secondary N) is 1. The number of nitrogens with zero attached hydrogens (tertiary/aromatic N) is 4. The minimum Gasteiger partial charge on any atom is -0.379 e. The van der Waals surface area contributed by atoms with Crippen LogP contribution in [0.2, 0.25) is 5.02 Å². The van der Waals surface area contributed by atoms with Gasteiger partial charge >= 0.3 is 0 Å². The Hall–Kier alpha value is -2.19. The molecule has 5 nitrogen and oxygen atoms in total. The number of halogens is 1. The van der Waals surface area contributed by atoms with Crippen molar-refractivity contribution in [2.75, 3.05) is 23.3 Å². The molecule has 0 radical (unpaired) electrons. The van der Waals surface area contributed by atoms with E-state index in [0.29, 0.717) is 16.6 Å². The molecule has 6 heteroatoms. The van der Waals surface area contributed by atoms with Crippen LogP contribution < -0.4 is 10.2 Å². The average Bonchev–Trinajstić information content (AvgIpc) is 2.94. The van der Waals surface area contributed by atoms with E-state index in [9.17, 15) is 5.26 Å². The maximum Gasteiger partial charge on any atom is 0.101 e. The SMILES string of the molecule is Cn1cc(N2CCCC(Nc3cc(Cl)ccc3C#N)C2)cn1. The Morgan fingerprint density at radius 3 is 3.05 bits per heavy atom. The third-order valence-electron chi connectivity index (χ3n) is 3.94. The minimum absolute atomic E-state index is 0.291. The van der Waals surface area contributed by atoms with E-state index in [2.05, 4.69) is 21.4 Å². The first kappa shape index (κ1) is 14.7. The summed E-state index contributed by atoms with van der Waals surface area (Å²) in [5, 5.41) is 17.6.